The molecule has 9 heterocycles. The van der Waals surface area contributed by atoms with E-state index in [9.17, 15) is 0 Å². The summed E-state index contributed by atoms with van der Waals surface area (Å²) in [5.41, 5.74) is 25.0. The van der Waals surface area contributed by atoms with Crippen molar-refractivity contribution < 1.29 is 37.9 Å². The molecule has 0 bridgehead atoms. The van der Waals surface area contributed by atoms with Gasteiger partial charge in [-0.2, -0.15) is 0 Å². The zero-order valence-electron chi connectivity index (χ0n) is 75.6. The number of ether oxygens (including phenoxy) is 8. The molecule has 17 heteroatoms. The van der Waals surface area contributed by atoms with Gasteiger partial charge in [-0.05, 0) is 278 Å². The van der Waals surface area contributed by atoms with E-state index in [4.69, 9.17) is 37.9 Å². The summed E-state index contributed by atoms with van der Waals surface area (Å²) >= 11 is 0. The summed E-state index contributed by atoms with van der Waals surface area (Å²) in [6.45, 7) is 65.6. The molecule has 17 nitrogen and oxygen atoms in total. The smallest absolute Gasteiger partial charge is 0.312 e. The first-order valence-electron chi connectivity index (χ1n) is 40.1. The summed E-state index contributed by atoms with van der Waals surface area (Å²) in [7, 11) is 12.6. The van der Waals surface area contributed by atoms with E-state index in [1.165, 1.54) is 121 Å². The van der Waals surface area contributed by atoms with Gasteiger partial charge in [0.25, 0.3) is 5.79 Å². The van der Waals surface area contributed by atoms with Crippen molar-refractivity contribution in [3.63, 3.8) is 0 Å². The monoisotopic (exact) mass is 1530 g/mol. The molecule has 1 fully saturated rings. The Bertz CT molecular complexity index is 4290. The highest BCUT2D eigenvalue weighted by molar-refractivity contribution is 5.75. The summed E-state index contributed by atoms with van der Waals surface area (Å²) < 4.78 is 46.4. The third-order valence-corrected chi connectivity index (χ3v) is 24.7. The SMILES string of the molecule is CC1=C(C)N(C)C(C)(C)N1C.CC1=C(C)N(C)C(C)(C)O1.CC1=C(C)N(C)CN1C.CC1=C(C)N(C)CO1.CC1=C(C)N(c2c(C)cccc2C)C(C)(C)N1c1c(C)cccc1C.CC1=C(C)N(c2c(C)cccc2C)C(C)(C)O1.CC1=C(C)OC2(CCCCC2)O1.CC1=C(C)OC2(O1)c1ccccc1Oc1ccccc12. The second kappa shape index (κ2) is 34.5. The number of aryl methyl sites for hydroxylation is 6. The largest absolute Gasteiger partial charge is 0.476 e. The van der Waals surface area contributed by atoms with E-state index in [1.54, 1.807) is 0 Å². The van der Waals surface area contributed by atoms with Gasteiger partial charge in [0, 0.05) is 101 Å². The number of benzene rings is 5. The number of nitrogens with zero attached hydrogens (tertiary/aromatic N) is 9. The van der Waals surface area contributed by atoms with Crippen molar-refractivity contribution in [3.8, 4) is 11.5 Å². The maximum Gasteiger partial charge on any atom is 0.312 e. The molecule has 0 saturated heterocycles. The van der Waals surface area contributed by atoms with Crippen molar-refractivity contribution in [1.29, 1.82) is 0 Å². The van der Waals surface area contributed by atoms with Gasteiger partial charge in [0.2, 0.25) is 0 Å². The van der Waals surface area contributed by atoms with Crippen molar-refractivity contribution in [3.05, 3.63) is 239 Å². The fraction of sp³-hybridized carbons (Fsp3) is 0.516. The maximum atomic E-state index is 6.13. The first-order valence-corrected chi connectivity index (χ1v) is 40.1. The van der Waals surface area contributed by atoms with Crippen molar-refractivity contribution in [2.45, 2.75) is 274 Å². The van der Waals surface area contributed by atoms with Crippen LogP contribution in [0.3, 0.4) is 0 Å². The number of hydrogen-bond acceptors (Lipinski definition) is 17. The van der Waals surface area contributed by atoms with Crippen LogP contribution in [0, 0.1) is 41.5 Å². The van der Waals surface area contributed by atoms with Crippen LogP contribution in [0.25, 0.3) is 0 Å². The number of rotatable bonds is 3. The van der Waals surface area contributed by atoms with Crippen LogP contribution in [-0.2, 0) is 38.9 Å². The molecule has 1 saturated carbocycles. The molecular weight excluding hydrogens is 1400 g/mol. The zero-order valence-corrected chi connectivity index (χ0v) is 75.6. The Morgan fingerprint density at radius 3 is 0.920 bits per heavy atom. The molecule has 15 rings (SSSR count). The minimum Gasteiger partial charge on any atom is -0.476 e. The molecule has 1 aliphatic carbocycles. The van der Waals surface area contributed by atoms with Crippen LogP contribution in [0.15, 0.2) is 195 Å². The molecule has 0 amide bonds. The summed E-state index contributed by atoms with van der Waals surface area (Å²) in [6.07, 6.45) is 5.91. The van der Waals surface area contributed by atoms with Crippen LogP contribution >= 0.6 is 0 Å². The van der Waals surface area contributed by atoms with Crippen LogP contribution in [0.2, 0.25) is 0 Å². The molecule has 10 aliphatic rings. The molecule has 2 spiro atoms. The van der Waals surface area contributed by atoms with E-state index in [0.29, 0.717) is 0 Å². The van der Waals surface area contributed by atoms with Gasteiger partial charge in [0.15, 0.2) is 18.2 Å². The lowest BCUT2D eigenvalue weighted by Gasteiger charge is -2.44. The average Bonchev–Trinajstić information content (AvgIpc) is 1.55. The fourth-order valence-electron chi connectivity index (χ4n) is 16.3. The summed E-state index contributed by atoms with van der Waals surface area (Å²) in [5.74, 6) is 7.01. The predicted octanol–water partition coefficient (Wildman–Crippen LogP) is 23.6. The maximum absolute atomic E-state index is 6.13. The van der Waals surface area contributed by atoms with Crippen LogP contribution < -0.4 is 19.4 Å². The Hall–Kier alpha value is -9.38. The third-order valence-electron chi connectivity index (χ3n) is 24.7. The van der Waals surface area contributed by atoms with Gasteiger partial charge >= 0.3 is 5.79 Å². The summed E-state index contributed by atoms with van der Waals surface area (Å²) in [5, 5.41) is 0. The molecule has 0 radical (unpaired) electrons. The first kappa shape index (κ1) is 88.2. The third kappa shape index (κ3) is 18.0. The van der Waals surface area contributed by atoms with Crippen LogP contribution in [0.5, 0.6) is 11.5 Å². The highest BCUT2D eigenvalue weighted by Crippen LogP contribution is 2.55. The van der Waals surface area contributed by atoms with Gasteiger partial charge < -0.3 is 82.0 Å². The highest BCUT2D eigenvalue weighted by Gasteiger charge is 2.51. The number of hydrogen-bond donors (Lipinski definition) is 0. The van der Waals surface area contributed by atoms with Crippen LogP contribution in [0.4, 0.5) is 17.1 Å². The lowest BCUT2D eigenvalue weighted by atomic mass is 9.93. The molecule has 5 aromatic carbocycles. The van der Waals surface area contributed by atoms with E-state index >= 15 is 0 Å². The molecular formula is C95H139N9O8. The topological polar surface area (TPSA) is 103 Å². The number of allylic oxidation sites excluding steroid dienone is 16. The van der Waals surface area contributed by atoms with Crippen LogP contribution in [-0.4, -0.2) is 114 Å². The van der Waals surface area contributed by atoms with Gasteiger partial charge in [-0.3, -0.25) is 0 Å². The minimum absolute atomic E-state index is 0.145. The Labute approximate surface area is 676 Å². The Balaban J connectivity index is 0.000000165. The fourth-order valence-corrected chi connectivity index (χ4v) is 16.3. The lowest BCUT2D eigenvalue weighted by Crippen LogP contribution is -2.51. The predicted molar refractivity (Wildman–Crippen MR) is 462 cm³/mol. The van der Waals surface area contributed by atoms with Gasteiger partial charge in [-0.15, -0.1) is 0 Å². The van der Waals surface area contributed by atoms with E-state index < -0.39 is 5.79 Å². The van der Waals surface area contributed by atoms with Crippen molar-refractivity contribution in [2.75, 3.05) is 70.4 Å². The standard InChI is InChI=1S/C23H30N2.C17H14O3.C15H21NO.C10H16O2.C9H18N2.C8H15NO.C7H14N2.C6H11NO/c1-15-11-9-12-16(2)21(15)24-19(5)20(6)25(23(24,7)8)22-17(3)13-10-14-18(22)4;1-11-12(2)20-17(19-11)13-7-3-5-9-15(13)18-16-10-6-4-8-14(16)17;1-10-8-7-9-11(2)14(10)16-12(3)13(4)17-15(16,5)6;1-8-9(2)12-10(11-8)6-4-3-5-7-10;1-7-8(2)11(6)9(3,4)10(7)5;1-6-7(2)10-8(3,4)9(6)5;1-6-7(2)9(4)5-8(6)3;1-5-6(2)8-4-7(5)3/h9-14H,1-8H3;3-10H,1-2H3;7-9H,1-6H3;3-7H2,1-2H3;1-6H3;1-5H3;5H2,1-4H3;4H2,1-3H3. The van der Waals surface area contributed by atoms with E-state index in [1.807, 2.05) is 111 Å². The quantitative estimate of drug-likeness (QED) is 0.171. The van der Waals surface area contributed by atoms with Crippen LogP contribution in [0.1, 0.15) is 243 Å². The molecule has 0 atom stereocenters. The van der Waals surface area contributed by atoms with E-state index in [-0.39, 0.29) is 28.6 Å². The van der Waals surface area contributed by atoms with Crippen molar-refractivity contribution in [1.82, 2.24) is 29.4 Å². The summed E-state index contributed by atoms with van der Waals surface area (Å²) in [6, 6.07) is 35.2. The van der Waals surface area contributed by atoms with Gasteiger partial charge in [0.1, 0.15) is 63.1 Å². The Morgan fingerprint density at radius 2 is 0.643 bits per heavy atom. The molecule has 0 unspecified atom stereocenters. The number of fused-ring (bicyclic) bond motifs is 4. The lowest BCUT2D eigenvalue weighted by molar-refractivity contribution is -0.173. The molecule has 612 valence electrons. The molecule has 112 heavy (non-hydrogen) atoms. The van der Waals surface area contributed by atoms with Crippen molar-refractivity contribution >= 4 is 17.1 Å². The molecule has 9 aliphatic heterocycles. The minimum atomic E-state index is -0.917. The van der Waals surface area contributed by atoms with Crippen molar-refractivity contribution in [2.24, 2.45) is 0 Å². The average molecular weight is 1540 g/mol. The Morgan fingerprint density at radius 1 is 0.286 bits per heavy atom. The van der Waals surface area contributed by atoms with E-state index in [2.05, 4.69) is 286 Å². The van der Waals surface area contributed by atoms with Gasteiger partial charge in [-0.25, -0.2) is 0 Å². The summed E-state index contributed by atoms with van der Waals surface area (Å²) in [4.78, 5) is 20.7. The Kier molecular flexibility index (Phi) is 27.2. The number of anilines is 3. The molecule has 5 aromatic rings. The molecule has 0 N–H and O–H groups in total. The van der Waals surface area contributed by atoms with E-state index in [0.717, 1.165) is 89.2 Å². The second-order valence-corrected chi connectivity index (χ2v) is 33.8. The second-order valence-electron chi connectivity index (χ2n) is 33.8. The van der Waals surface area contributed by atoms with Gasteiger partial charge in [-0.1, -0.05) is 85.3 Å². The van der Waals surface area contributed by atoms with Gasteiger partial charge in [0.05, 0.1) is 40.6 Å². The normalized spacial score (nSPS) is 20.1. The molecule has 0 aromatic heterocycles. The number of para-hydroxylation sites is 5. The highest BCUT2D eigenvalue weighted by atomic mass is 16.7. The zero-order chi connectivity index (χ0) is 83.6. The first-order chi connectivity index (χ1) is 52.1.